The van der Waals surface area contributed by atoms with Crippen LogP contribution in [-0.4, -0.2) is 84.2 Å². The van der Waals surface area contributed by atoms with Gasteiger partial charge in [0.25, 0.3) is 0 Å². The van der Waals surface area contributed by atoms with Crippen LogP contribution in [0.25, 0.3) is 44.7 Å². The molecule has 3 aromatic carbocycles. The van der Waals surface area contributed by atoms with Crippen molar-refractivity contribution in [3.63, 3.8) is 0 Å². The molecule has 12 nitrogen and oxygen atoms in total. The minimum Gasteiger partial charge on any atom is -0.486 e. The maximum absolute atomic E-state index is 11.9. The molecule has 0 amide bonds. The molecular weight excluding hydrogens is 853 g/mol. The Bertz CT molecular complexity index is 2930. The van der Waals surface area contributed by atoms with E-state index in [2.05, 4.69) is 82.2 Å². The fourth-order valence-corrected chi connectivity index (χ4v) is 9.11. The number of rotatable bonds is 12. The Hall–Kier alpha value is -5.83. The Kier molecular flexibility index (Phi) is 10.2. The number of halogens is 1. The van der Waals surface area contributed by atoms with E-state index < -0.39 is 9.84 Å². The maximum Gasteiger partial charge on any atom is 0.175 e. The van der Waals surface area contributed by atoms with Gasteiger partial charge in [-0.1, -0.05) is 36.4 Å². The summed E-state index contributed by atoms with van der Waals surface area (Å²) < 4.78 is 43.2. The van der Waals surface area contributed by atoms with E-state index in [0.717, 1.165) is 80.9 Å². The molecule has 6 heterocycles. The molecule has 61 heavy (non-hydrogen) atoms. The van der Waals surface area contributed by atoms with Crippen molar-refractivity contribution in [1.29, 1.82) is 0 Å². The maximum atomic E-state index is 11.9. The lowest BCUT2D eigenvalue weighted by Crippen LogP contribution is -2.35. The minimum atomic E-state index is -3.30. The molecule has 0 unspecified atom stereocenters. The van der Waals surface area contributed by atoms with Gasteiger partial charge in [-0.3, -0.25) is 4.90 Å². The van der Waals surface area contributed by atoms with Crippen LogP contribution in [0.2, 0.25) is 0 Å². The van der Waals surface area contributed by atoms with Crippen LogP contribution in [0.5, 0.6) is 11.5 Å². The monoisotopic (exact) mass is 896 g/mol. The summed E-state index contributed by atoms with van der Waals surface area (Å²) in [5, 5.41) is 8.77. The molecule has 11 rings (SSSR count). The number of likely N-dealkylation sites (tertiary alicyclic amines) is 1. The predicted molar refractivity (Wildman–Crippen MR) is 238 cm³/mol. The molecule has 0 spiro atoms. The van der Waals surface area contributed by atoms with E-state index in [1.165, 1.54) is 45.0 Å². The van der Waals surface area contributed by atoms with Crippen molar-refractivity contribution in [2.75, 3.05) is 25.9 Å². The van der Waals surface area contributed by atoms with Crippen molar-refractivity contribution in [3.8, 4) is 44.9 Å². The highest BCUT2D eigenvalue weighted by molar-refractivity contribution is 9.10. The average Bonchev–Trinajstić information content (AvgIpc) is 3.78. The van der Waals surface area contributed by atoms with Gasteiger partial charge in [0.2, 0.25) is 0 Å². The summed E-state index contributed by atoms with van der Waals surface area (Å²) in [6, 6.07) is 27.3. The van der Waals surface area contributed by atoms with Gasteiger partial charge in [0.1, 0.15) is 22.7 Å². The lowest BCUT2D eigenvalue weighted by Gasteiger charge is -2.24. The molecule has 8 aromatic rings. The molecule has 310 valence electrons. The van der Waals surface area contributed by atoms with E-state index in [1.807, 2.05) is 67.3 Å². The Morgan fingerprint density at radius 1 is 0.639 bits per heavy atom. The molecule has 3 aliphatic rings. The van der Waals surface area contributed by atoms with Gasteiger partial charge in [0, 0.05) is 66.7 Å². The topological polar surface area (TPSA) is 121 Å². The first kappa shape index (κ1) is 39.3. The zero-order chi connectivity index (χ0) is 41.6. The zero-order valence-corrected chi connectivity index (χ0v) is 36.2. The van der Waals surface area contributed by atoms with Crippen LogP contribution in [0, 0.1) is 0 Å². The summed E-state index contributed by atoms with van der Waals surface area (Å²) in [6.45, 7) is 4.38. The molecule has 2 saturated carbocycles. The van der Waals surface area contributed by atoms with Gasteiger partial charge in [0.15, 0.2) is 21.1 Å². The van der Waals surface area contributed by atoms with Crippen LogP contribution < -0.4 is 9.47 Å². The third-order valence-electron chi connectivity index (χ3n) is 11.7. The van der Waals surface area contributed by atoms with Crippen LogP contribution in [0.4, 0.5) is 0 Å². The second-order valence-corrected chi connectivity index (χ2v) is 19.4. The standard InChI is InChI=1S/C27H24N4O3S.C20H21BrN4O/c1-35(32,33)24-6-4-5-21(15-24)25-17-29-31-18-22(16-28-26(25)31)20-7-9-23(10-8-20)34-27(11-12-27)19-30-13-2-3-14-30;21-18-12-23-25-13-16(11-22-19(18)25)15-3-5-17(6-4-15)26-20(7-8-20)14-24-9-1-2-10-24/h2-10,13-18H,11-12,19H2,1H3;3-6,11-13H,1-2,7-10,14H2. The van der Waals surface area contributed by atoms with Crippen molar-refractivity contribution < 1.29 is 17.9 Å². The molecule has 0 N–H and O–H groups in total. The van der Waals surface area contributed by atoms with E-state index in [9.17, 15) is 8.42 Å². The van der Waals surface area contributed by atoms with Crippen molar-refractivity contribution in [2.45, 2.75) is 61.2 Å². The normalized spacial score (nSPS) is 16.6. The molecular formula is C47H45BrN8O4S. The first-order chi connectivity index (χ1) is 29.6. The van der Waals surface area contributed by atoms with E-state index in [4.69, 9.17) is 9.47 Å². The van der Waals surface area contributed by atoms with Gasteiger partial charge >= 0.3 is 0 Å². The quantitative estimate of drug-likeness (QED) is 0.118. The lowest BCUT2D eigenvalue weighted by molar-refractivity contribution is 0.126. The van der Waals surface area contributed by atoms with E-state index in [1.54, 1.807) is 39.6 Å². The van der Waals surface area contributed by atoms with Crippen LogP contribution in [-0.2, 0) is 16.4 Å². The zero-order valence-electron chi connectivity index (χ0n) is 33.8. The highest BCUT2D eigenvalue weighted by Crippen LogP contribution is 2.43. The first-order valence-electron chi connectivity index (χ1n) is 20.6. The van der Waals surface area contributed by atoms with Gasteiger partial charge in [0.05, 0.1) is 28.3 Å². The fraction of sp³-hybridized carbons (Fsp3) is 0.277. The van der Waals surface area contributed by atoms with Crippen LogP contribution in [0.3, 0.4) is 0 Å². The first-order valence-corrected chi connectivity index (χ1v) is 23.3. The lowest BCUT2D eigenvalue weighted by atomic mass is 10.1. The number of fused-ring (bicyclic) bond motifs is 2. The SMILES string of the molecule is Brc1cnn2cc(-c3ccc(OC4(CN5CCCC5)CC4)cc3)cnc12.CS(=O)(=O)c1cccc(-c2cnn3cc(-c4ccc(OC5(Cn6cccc6)CC5)cc4)cnc23)c1. The number of aromatic nitrogens is 7. The Morgan fingerprint density at radius 3 is 1.79 bits per heavy atom. The number of sulfone groups is 1. The van der Waals surface area contributed by atoms with Crippen molar-refractivity contribution in [1.82, 2.24) is 38.7 Å². The number of hydrogen-bond donors (Lipinski definition) is 0. The van der Waals surface area contributed by atoms with E-state index in [-0.39, 0.29) is 16.1 Å². The van der Waals surface area contributed by atoms with Crippen molar-refractivity contribution in [3.05, 3.63) is 139 Å². The molecule has 2 aliphatic carbocycles. The van der Waals surface area contributed by atoms with Crippen LogP contribution in [0.15, 0.2) is 144 Å². The minimum absolute atomic E-state index is 0.0493. The largest absolute Gasteiger partial charge is 0.486 e. The summed E-state index contributed by atoms with van der Waals surface area (Å²) in [6.07, 6.45) is 23.5. The van der Waals surface area contributed by atoms with Gasteiger partial charge in [-0.25, -0.2) is 27.4 Å². The number of ether oxygens (including phenoxy) is 2. The van der Waals surface area contributed by atoms with Crippen molar-refractivity contribution >= 4 is 37.1 Å². The number of benzene rings is 3. The Balaban J connectivity index is 0.000000152. The molecule has 0 bridgehead atoms. The van der Waals surface area contributed by atoms with Crippen molar-refractivity contribution in [2.24, 2.45) is 0 Å². The second kappa shape index (κ2) is 15.9. The summed E-state index contributed by atoms with van der Waals surface area (Å²) >= 11 is 3.46. The van der Waals surface area contributed by atoms with Crippen LogP contribution in [0.1, 0.15) is 38.5 Å². The third-order valence-corrected chi connectivity index (χ3v) is 13.4. The van der Waals surface area contributed by atoms with Crippen LogP contribution >= 0.6 is 15.9 Å². The summed E-state index contributed by atoms with van der Waals surface area (Å²) in [7, 11) is -3.30. The molecule has 0 atom stereocenters. The predicted octanol–water partition coefficient (Wildman–Crippen LogP) is 9.05. The molecule has 14 heteroatoms. The molecule has 5 aromatic heterocycles. The Morgan fingerprint density at radius 2 is 1.20 bits per heavy atom. The number of nitrogens with zero attached hydrogens (tertiary/aromatic N) is 8. The molecule has 3 fully saturated rings. The molecule has 1 aliphatic heterocycles. The highest BCUT2D eigenvalue weighted by Gasteiger charge is 2.47. The van der Waals surface area contributed by atoms with E-state index in [0.29, 0.717) is 5.65 Å². The van der Waals surface area contributed by atoms with Gasteiger partial charge < -0.3 is 14.0 Å². The number of hydrogen-bond acceptors (Lipinski definition) is 9. The summed E-state index contributed by atoms with van der Waals surface area (Å²) in [5.41, 5.74) is 7.07. The van der Waals surface area contributed by atoms with E-state index >= 15 is 0 Å². The molecule has 0 radical (unpaired) electrons. The van der Waals surface area contributed by atoms with Gasteiger partial charge in [-0.15, -0.1) is 0 Å². The van der Waals surface area contributed by atoms with Gasteiger partial charge in [-0.05, 0) is 133 Å². The fourth-order valence-electron chi connectivity index (χ4n) is 8.07. The third kappa shape index (κ3) is 8.70. The van der Waals surface area contributed by atoms with Gasteiger partial charge in [-0.2, -0.15) is 10.2 Å². The molecule has 1 saturated heterocycles. The summed E-state index contributed by atoms with van der Waals surface area (Å²) in [4.78, 5) is 11.9. The average molecular weight is 898 g/mol. The smallest absolute Gasteiger partial charge is 0.175 e. The Labute approximate surface area is 362 Å². The summed E-state index contributed by atoms with van der Waals surface area (Å²) in [5.74, 6) is 1.82. The highest BCUT2D eigenvalue weighted by atomic mass is 79.9. The second-order valence-electron chi connectivity index (χ2n) is 16.5.